The van der Waals surface area contributed by atoms with Crippen molar-refractivity contribution in [2.24, 2.45) is 0 Å². The van der Waals surface area contributed by atoms with E-state index in [1.807, 2.05) is 0 Å². The fourth-order valence-corrected chi connectivity index (χ4v) is 2.56. The lowest BCUT2D eigenvalue weighted by molar-refractivity contribution is 0.0591. The second kappa shape index (κ2) is 6.22. The average Bonchev–Trinajstić information content (AvgIpc) is 2.84. The van der Waals surface area contributed by atoms with Crippen molar-refractivity contribution in [2.45, 2.75) is 39.3 Å². The summed E-state index contributed by atoms with van der Waals surface area (Å²) < 4.78 is 11.6. The van der Waals surface area contributed by atoms with Crippen LogP contribution in [0.3, 0.4) is 0 Å². The first-order valence-electron chi connectivity index (χ1n) is 6.96. The Balaban J connectivity index is 2.41. The van der Waals surface area contributed by atoms with Gasteiger partial charge in [0.25, 0.3) is 0 Å². The molecule has 0 aliphatic heterocycles. The highest BCUT2D eigenvalue weighted by atomic mass is 16.5. The van der Waals surface area contributed by atoms with Crippen LogP contribution >= 0.6 is 0 Å². The molecule has 1 N–H and O–H groups in total. The molecule has 0 aliphatic carbocycles. The summed E-state index contributed by atoms with van der Waals surface area (Å²) in [5.41, 5.74) is 2.15. The predicted molar refractivity (Wildman–Crippen MR) is 78.5 cm³/mol. The third-order valence-electron chi connectivity index (χ3n) is 3.57. The summed E-state index contributed by atoms with van der Waals surface area (Å²) in [6.07, 6.45) is 1.07. The van der Waals surface area contributed by atoms with Gasteiger partial charge in [0.2, 0.25) is 0 Å². The maximum atomic E-state index is 6.06. The van der Waals surface area contributed by atoms with Crippen molar-refractivity contribution >= 4 is 11.0 Å². The zero-order valence-electron chi connectivity index (χ0n) is 12.2. The fraction of sp³-hybridized carbons (Fsp3) is 0.500. The molecule has 1 aromatic heterocycles. The molecule has 2 aromatic rings. The van der Waals surface area contributed by atoms with Gasteiger partial charge in [-0.3, -0.25) is 0 Å². The van der Waals surface area contributed by atoms with Crippen LogP contribution in [0.5, 0.6) is 0 Å². The van der Waals surface area contributed by atoms with Gasteiger partial charge in [0.15, 0.2) is 0 Å². The summed E-state index contributed by atoms with van der Waals surface area (Å²) in [6.45, 7) is 7.20. The van der Waals surface area contributed by atoms with E-state index in [0.29, 0.717) is 0 Å². The fourth-order valence-electron chi connectivity index (χ4n) is 2.56. The van der Waals surface area contributed by atoms with Crippen molar-refractivity contribution in [2.75, 3.05) is 13.7 Å². The summed E-state index contributed by atoms with van der Waals surface area (Å²) in [5, 5.41) is 4.62. The molecule has 1 heterocycles. The maximum absolute atomic E-state index is 6.06. The van der Waals surface area contributed by atoms with Gasteiger partial charge in [0, 0.05) is 12.5 Å². The number of nitrogens with one attached hydrogen (secondary N) is 1. The minimum Gasteiger partial charge on any atom is -0.459 e. The highest BCUT2D eigenvalue weighted by molar-refractivity contribution is 5.81. The molecule has 0 aliphatic rings. The van der Waals surface area contributed by atoms with E-state index in [-0.39, 0.29) is 12.1 Å². The van der Waals surface area contributed by atoms with E-state index in [2.05, 4.69) is 50.4 Å². The smallest absolute Gasteiger partial charge is 0.137 e. The van der Waals surface area contributed by atoms with Crippen molar-refractivity contribution in [3.8, 4) is 0 Å². The van der Waals surface area contributed by atoms with Gasteiger partial charge >= 0.3 is 0 Å². The van der Waals surface area contributed by atoms with E-state index in [1.165, 1.54) is 5.56 Å². The molecule has 0 saturated heterocycles. The van der Waals surface area contributed by atoms with Gasteiger partial charge < -0.3 is 14.5 Å². The number of benzene rings is 1. The number of rotatable bonds is 6. The van der Waals surface area contributed by atoms with E-state index in [0.717, 1.165) is 29.7 Å². The van der Waals surface area contributed by atoms with E-state index in [1.54, 1.807) is 7.11 Å². The first kappa shape index (κ1) is 14.1. The highest BCUT2D eigenvalue weighted by Gasteiger charge is 2.24. The van der Waals surface area contributed by atoms with Crippen LogP contribution in [0.2, 0.25) is 0 Å². The van der Waals surface area contributed by atoms with Crippen molar-refractivity contribution in [1.29, 1.82) is 0 Å². The van der Waals surface area contributed by atoms with Gasteiger partial charge in [0.1, 0.15) is 11.3 Å². The number of likely N-dealkylation sites (N-methyl/N-ethyl adjacent to an activating group) is 1. The number of hydrogen-bond acceptors (Lipinski definition) is 3. The maximum Gasteiger partial charge on any atom is 0.137 e. The molecule has 3 nitrogen and oxygen atoms in total. The molecule has 19 heavy (non-hydrogen) atoms. The van der Waals surface area contributed by atoms with Crippen LogP contribution in [0.25, 0.3) is 11.0 Å². The van der Waals surface area contributed by atoms with Crippen LogP contribution in [0.4, 0.5) is 0 Å². The molecule has 0 bridgehead atoms. The van der Waals surface area contributed by atoms with Gasteiger partial charge in [-0.2, -0.15) is 0 Å². The molecule has 0 amide bonds. The standard InChI is InChI=1S/C16H23NO2/c1-5-13(18-4)15(17-6-2)14-10-12-9-7-8-11(3)16(12)19-14/h7-10,13,15,17H,5-6H2,1-4H3. The second-order valence-electron chi connectivity index (χ2n) is 4.86. The van der Waals surface area contributed by atoms with Crippen LogP contribution in [0, 0.1) is 6.92 Å². The van der Waals surface area contributed by atoms with Gasteiger partial charge in [-0.15, -0.1) is 0 Å². The Labute approximate surface area is 114 Å². The van der Waals surface area contributed by atoms with Gasteiger partial charge in [-0.25, -0.2) is 0 Å². The SMILES string of the molecule is CCNC(c1cc2cccc(C)c2o1)C(CC)OC. The Hall–Kier alpha value is -1.32. The first-order chi connectivity index (χ1) is 9.21. The Morgan fingerprint density at radius 3 is 2.68 bits per heavy atom. The number of aryl methyl sites for hydroxylation is 1. The third-order valence-corrected chi connectivity index (χ3v) is 3.57. The number of furan rings is 1. The summed E-state index contributed by atoms with van der Waals surface area (Å²) >= 11 is 0. The first-order valence-corrected chi connectivity index (χ1v) is 6.96. The number of methoxy groups -OCH3 is 1. The van der Waals surface area contributed by atoms with Crippen molar-refractivity contribution in [1.82, 2.24) is 5.32 Å². The largest absolute Gasteiger partial charge is 0.459 e. The van der Waals surface area contributed by atoms with Crippen molar-refractivity contribution < 1.29 is 9.15 Å². The number of para-hydroxylation sites is 1. The molecular weight excluding hydrogens is 238 g/mol. The predicted octanol–water partition coefficient (Wildman–Crippen LogP) is 3.82. The Bertz CT molecular complexity index is 529. The van der Waals surface area contributed by atoms with E-state index >= 15 is 0 Å². The van der Waals surface area contributed by atoms with E-state index in [9.17, 15) is 0 Å². The van der Waals surface area contributed by atoms with Gasteiger partial charge in [-0.1, -0.05) is 32.0 Å². The Kier molecular flexibility index (Phi) is 4.61. The Morgan fingerprint density at radius 1 is 1.32 bits per heavy atom. The average molecular weight is 261 g/mol. The van der Waals surface area contributed by atoms with Gasteiger partial charge in [-0.05, 0) is 31.5 Å². The van der Waals surface area contributed by atoms with Crippen LogP contribution in [-0.4, -0.2) is 19.8 Å². The summed E-state index contributed by atoms with van der Waals surface area (Å²) in [7, 11) is 1.76. The molecule has 0 saturated carbocycles. The lowest BCUT2D eigenvalue weighted by Gasteiger charge is -2.23. The van der Waals surface area contributed by atoms with Crippen LogP contribution in [0.15, 0.2) is 28.7 Å². The second-order valence-corrected chi connectivity index (χ2v) is 4.86. The molecule has 0 spiro atoms. The normalized spacial score (nSPS) is 14.7. The molecule has 2 atom stereocenters. The monoisotopic (exact) mass is 261 g/mol. The van der Waals surface area contributed by atoms with Crippen LogP contribution in [0.1, 0.15) is 37.6 Å². The zero-order chi connectivity index (χ0) is 13.8. The molecule has 2 unspecified atom stereocenters. The lowest BCUT2D eigenvalue weighted by Crippen LogP contribution is -2.32. The molecule has 0 radical (unpaired) electrons. The molecule has 104 valence electrons. The third kappa shape index (κ3) is 2.82. The number of fused-ring (bicyclic) bond motifs is 1. The number of ether oxygens (including phenoxy) is 1. The summed E-state index contributed by atoms with van der Waals surface area (Å²) in [5.74, 6) is 0.958. The summed E-state index contributed by atoms with van der Waals surface area (Å²) in [4.78, 5) is 0. The molecule has 2 rings (SSSR count). The lowest BCUT2D eigenvalue weighted by atomic mass is 10.1. The molecular formula is C16H23NO2. The van der Waals surface area contributed by atoms with Crippen molar-refractivity contribution in [3.63, 3.8) is 0 Å². The van der Waals surface area contributed by atoms with E-state index < -0.39 is 0 Å². The molecule has 3 heteroatoms. The minimum absolute atomic E-state index is 0.104. The molecule has 1 aromatic carbocycles. The molecule has 0 fully saturated rings. The van der Waals surface area contributed by atoms with Crippen molar-refractivity contribution in [3.05, 3.63) is 35.6 Å². The topological polar surface area (TPSA) is 34.4 Å². The zero-order valence-corrected chi connectivity index (χ0v) is 12.2. The van der Waals surface area contributed by atoms with Crippen LogP contribution in [-0.2, 0) is 4.74 Å². The van der Waals surface area contributed by atoms with Crippen LogP contribution < -0.4 is 5.32 Å². The summed E-state index contributed by atoms with van der Waals surface area (Å²) in [6, 6.07) is 8.45. The van der Waals surface area contributed by atoms with Gasteiger partial charge in [0.05, 0.1) is 12.1 Å². The quantitative estimate of drug-likeness (QED) is 0.858. The van der Waals surface area contributed by atoms with E-state index in [4.69, 9.17) is 9.15 Å². The highest BCUT2D eigenvalue weighted by Crippen LogP contribution is 2.29. The number of hydrogen-bond donors (Lipinski definition) is 1. The minimum atomic E-state index is 0.104. The Morgan fingerprint density at radius 2 is 2.11 bits per heavy atom.